The lowest BCUT2D eigenvalue weighted by molar-refractivity contribution is 0.174. The monoisotopic (exact) mass is 605 g/mol. The summed E-state index contributed by atoms with van der Waals surface area (Å²) >= 11 is 0. The molecule has 0 bridgehead atoms. The number of methoxy groups -OCH3 is 2. The second-order valence-electron chi connectivity index (χ2n) is 11.1. The lowest BCUT2D eigenvalue weighted by Gasteiger charge is -2.25. The van der Waals surface area contributed by atoms with Crippen LogP contribution in [0.4, 0.5) is 0 Å². The molecule has 1 N–H and O–H groups in total. The summed E-state index contributed by atoms with van der Waals surface area (Å²) in [6.07, 6.45) is 1.54. The molecule has 0 saturated carbocycles. The normalized spacial score (nSPS) is 12.1. The Bertz CT molecular complexity index is 1700. The second-order valence-corrected chi connectivity index (χ2v) is 11.1. The van der Waals surface area contributed by atoms with E-state index in [2.05, 4.69) is 64.1 Å². The van der Waals surface area contributed by atoms with Crippen LogP contribution in [-0.2, 0) is 26.2 Å². The van der Waals surface area contributed by atoms with E-state index < -0.39 is 0 Å². The van der Waals surface area contributed by atoms with Crippen LogP contribution in [-0.4, -0.2) is 47.2 Å². The minimum absolute atomic E-state index is 0.151. The van der Waals surface area contributed by atoms with Gasteiger partial charge in [-0.25, -0.2) is 4.98 Å². The van der Waals surface area contributed by atoms with Gasteiger partial charge in [-0.1, -0.05) is 60.7 Å². The number of aromatic nitrogens is 2. The lowest BCUT2D eigenvalue weighted by atomic mass is 10.1. The van der Waals surface area contributed by atoms with E-state index in [4.69, 9.17) is 23.9 Å². The predicted octanol–water partition coefficient (Wildman–Crippen LogP) is 6.94. The molecule has 45 heavy (non-hydrogen) atoms. The standard InChI is InChI=1S/C37H39N3O5/c1-42-31-16-13-27(14-17-31)23-39(24-28-15-18-34-35(21-28)45-26-44-34)25-33-36(29-9-4-3-5-10-29)38-37(40(33)19-6-7-20-41)30-11-8-12-32(22-30)43-2/h3-5,8-18,21-22,41H,6-7,19-20,23-26H2,1-2H3. The van der Waals surface area contributed by atoms with Crippen LogP contribution in [0.5, 0.6) is 23.0 Å². The van der Waals surface area contributed by atoms with E-state index in [9.17, 15) is 5.11 Å². The van der Waals surface area contributed by atoms with E-state index in [0.717, 1.165) is 69.9 Å². The molecular weight excluding hydrogens is 566 g/mol. The summed E-state index contributed by atoms with van der Waals surface area (Å²) in [6.45, 7) is 3.16. The van der Waals surface area contributed by atoms with Gasteiger partial charge in [-0.05, 0) is 60.4 Å². The van der Waals surface area contributed by atoms with Crippen molar-refractivity contribution in [3.8, 4) is 45.6 Å². The summed E-state index contributed by atoms with van der Waals surface area (Å²) in [5, 5.41) is 9.65. The number of aliphatic hydroxyl groups excluding tert-OH is 1. The number of aliphatic hydroxyl groups is 1. The lowest BCUT2D eigenvalue weighted by Crippen LogP contribution is -2.24. The van der Waals surface area contributed by atoms with Crippen LogP contribution in [0.1, 0.15) is 29.7 Å². The Labute approximate surface area is 264 Å². The zero-order valence-electron chi connectivity index (χ0n) is 25.8. The Hall–Kier alpha value is -4.79. The molecule has 2 heterocycles. The van der Waals surface area contributed by atoms with Gasteiger partial charge < -0.3 is 28.6 Å². The first-order valence-electron chi connectivity index (χ1n) is 15.3. The number of nitrogens with zero attached hydrogens (tertiary/aromatic N) is 3. The highest BCUT2D eigenvalue weighted by molar-refractivity contribution is 5.69. The molecule has 232 valence electrons. The maximum Gasteiger partial charge on any atom is 0.231 e. The topological polar surface area (TPSA) is 78.2 Å². The van der Waals surface area contributed by atoms with Gasteiger partial charge in [0.2, 0.25) is 6.79 Å². The van der Waals surface area contributed by atoms with Gasteiger partial charge >= 0.3 is 0 Å². The van der Waals surface area contributed by atoms with Gasteiger partial charge in [0.15, 0.2) is 11.5 Å². The molecule has 0 fully saturated rings. The largest absolute Gasteiger partial charge is 0.497 e. The molecule has 5 aromatic rings. The smallest absolute Gasteiger partial charge is 0.231 e. The summed E-state index contributed by atoms with van der Waals surface area (Å²) < 4.78 is 24.6. The van der Waals surface area contributed by atoms with E-state index in [1.54, 1.807) is 14.2 Å². The molecule has 0 saturated heterocycles. The number of hydrogen-bond donors (Lipinski definition) is 1. The number of unbranched alkanes of at least 4 members (excludes halogenated alkanes) is 1. The maximum absolute atomic E-state index is 9.65. The van der Waals surface area contributed by atoms with Crippen LogP contribution < -0.4 is 18.9 Å². The molecule has 0 amide bonds. The minimum Gasteiger partial charge on any atom is -0.497 e. The van der Waals surface area contributed by atoms with Gasteiger partial charge in [-0.2, -0.15) is 0 Å². The highest BCUT2D eigenvalue weighted by Gasteiger charge is 2.23. The fourth-order valence-electron chi connectivity index (χ4n) is 5.75. The van der Waals surface area contributed by atoms with Crippen LogP contribution >= 0.6 is 0 Å². The number of fused-ring (bicyclic) bond motifs is 1. The van der Waals surface area contributed by atoms with Crippen molar-refractivity contribution in [3.63, 3.8) is 0 Å². The maximum atomic E-state index is 9.65. The molecule has 6 rings (SSSR count). The molecule has 8 heteroatoms. The van der Waals surface area contributed by atoms with Crippen LogP contribution in [0.15, 0.2) is 97.1 Å². The number of hydrogen-bond acceptors (Lipinski definition) is 7. The zero-order chi connectivity index (χ0) is 31.0. The van der Waals surface area contributed by atoms with E-state index in [-0.39, 0.29) is 13.4 Å². The Kier molecular flexibility index (Phi) is 9.63. The number of imidazole rings is 1. The van der Waals surface area contributed by atoms with Gasteiger partial charge in [0, 0.05) is 43.9 Å². The molecule has 1 aromatic heterocycles. The van der Waals surface area contributed by atoms with Gasteiger partial charge in [0.25, 0.3) is 0 Å². The zero-order valence-corrected chi connectivity index (χ0v) is 25.8. The predicted molar refractivity (Wildman–Crippen MR) is 174 cm³/mol. The van der Waals surface area contributed by atoms with Gasteiger partial charge in [-0.3, -0.25) is 4.90 Å². The SMILES string of the molecule is COc1ccc(CN(Cc2ccc3c(c2)OCO3)Cc2c(-c3ccccc3)nc(-c3cccc(OC)c3)n2CCCCO)cc1. The highest BCUT2D eigenvalue weighted by Crippen LogP contribution is 2.35. The number of benzene rings is 4. The first-order chi connectivity index (χ1) is 22.1. The Balaban J connectivity index is 1.44. The van der Waals surface area contributed by atoms with Crippen LogP contribution in [0.25, 0.3) is 22.6 Å². The van der Waals surface area contributed by atoms with Gasteiger partial charge in [0.05, 0.1) is 25.6 Å². The molecule has 0 unspecified atom stereocenters. The van der Waals surface area contributed by atoms with Crippen molar-refractivity contribution in [3.05, 3.63) is 114 Å². The molecule has 0 atom stereocenters. The van der Waals surface area contributed by atoms with E-state index in [1.165, 1.54) is 5.56 Å². The summed E-state index contributed by atoms with van der Waals surface area (Å²) in [6, 6.07) is 32.8. The van der Waals surface area contributed by atoms with Gasteiger partial charge in [-0.15, -0.1) is 0 Å². The molecule has 4 aromatic carbocycles. The third-order valence-corrected chi connectivity index (χ3v) is 8.02. The van der Waals surface area contributed by atoms with Crippen molar-refractivity contribution in [2.24, 2.45) is 0 Å². The van der Waals surface area contributed by atoms with Crippen LogP contribution in [0.3, 0.4) is 0 Å². The first kappa shape index (κ1) is 30.2. The van der Waals surface area contributed by atoms with E-state index >= 15 is 0 Å². The molecule has 0 spiro atoms. The van der Waals surface area contributed by atoms with E-state index in [1.807, 2.05) is 42.5 Å². The van der Waals surface area contributed by atoms with Crippen molar-refractivity contribution in [1.29, 1.82) is 0 Å². The summed E-state index contributed by atoms with van der Waals surface area (Å²) in [7, 11) is 3.37. The quantitative estimate of drug-likeness (QED) is 0.137. The Morgan fingerprint density at radius 2 is 1.47 bits per heavy atom. The van der Waals surface area contributed by atoms with Crippen LogP contribution in [0, 0.1) is 0 Å². The first-order valence-corrected chi connectivity index (χ1v) is 15.3. The molecule has 0 radical (unpaired) electrons. The van der Waals surface area contributed by atoms with Crippen molar-refractivity contribution in [1.82, 2.24) is 14.5 Å². The molecule has 0 aliphatic carbocycles. The summed E-state index contributed by atoms with van der Waals surface area (Å²) in [4.78, 5) is 7.74. The summed E-state index contributed by atoms with van der Waals surface area (Å²) in [5.74, 6) is 4.04. The van der Waals surface area contributed by atoms with Crippen molar-refractivity contribution in [2.45, 2.75) is 39.0 Å². The third-order valence-electron chi connectivity index (χ3n) is 8.02. The fourth-order valence-corrected chi connectivity index (χ4v) is 5.75. The average molecular weight is 606 g/mol. The minimum atomic E-state index is 0.151. The Morgan fingerprint density at radius 1 is 0.733 bits per heavy atom. The summed E-state index contributed by atoms with van der Waals surface area (Å²) in [5.41, 5.74) is 6.42. The molecule has 1 aliphatic rings. The molecule has 8 nitrogen and oxygen atoms in total. The average Bonchev–Trinajstić information content (AvgIpc) is 3.70. The number of rotatable bonds is 14. The van der Waals surface area contributed by atoms with Gasteiger partial charge in [0.1, 0.15) is 17.3 Å². The van der Waals surface area contributed by atoms with Crippen molar-refractivity contribution >= 4 is 0 Å². The van der Waals surface area contributed by atoms with E-state index in [0.29, 0.717) is 26.1 Å². The fraction of sp³-hybridized carbons (Fsp3) is 0.270. The molecular formula is C37H39N3O5. The van der Waals surface area contributed by atoms with Crippen molar-refractivity contribution < 1.29 is 24.1 Å². The highest BCUT2D eigenvalue weighted by atomic mass is 16.7. The second kappa shape index (κ2) is 14.3. The molecule has 1 aliphatic heterocycles. The Morgan fingerprint density at radius 3 is 2.24 bits per heavy atom. The number of ether oxygens (including phenoxy) is 4. The van der Waals surface area contributed by atoms with Crippen molar-refractivity contribution in [2.75, 3.05) is 27.6 Å². The third kappa shape index (κ3) is 7.14. The van der Waals surface area contributed by atoms with Crippen LogP contribution in [0.2, 0.25) is 0 Å².